The molecule has 1 heterocycles. The van der Waals surface area contributed by atoms with E-state index in [0.717, 1.165) is 5.69 Å². The quantitative estimate of drug-likeness (QED) is 0.478. The minimum Gasteiger partial charge on any atom is -0.484 e. The van der Waals surface area contributed by atoms with Crippen molar-refractivity contribution >= 4 is 12.1 Å². The summed E-state index contributed by atoms with van der Waals surface area (Å²) >= 11 is 0. The van der Waals surface area contributed by atoms with Gasteiger partial charge >= 0.3 is 0 Å². The topological polar surface area (TPSA) is 88.5 Å². The molecule has 0 atom stereocenters. The van der Waals surface area contributed by atoms with E-state index in [2.05, 4.69) is 29.5 Å². The summed E-state index contributed by atoms with van der Waals surface area (Å²) in [5.74, 6) is 0.636. The number of para-hydroxylation sites is 1. The predicted octanol–water partition coefficient (Wildman–Crippen LogP) is 3.13. The standard InChI is InChI=1S/C22H24N4O3/c1-15(2)17-9-11-19(12-10-17)29-14-21(27)24-23-13-20-16(3)25-26(22(20)28)18-7-5-4-6-8-18/h4-13,15,25H,14H2,1-3H3,(H,24,27). The molecule has 3 rings (SSSR count). The normalized spacial score (nSPS) is 11.2. The fraction of sp³-hybridized carbons (Fsp3) is 0.227. The van der Waals surface area contributed by atoms with Gasteiger partial charge in [0, 0.05) is 5.69 Å². The molecule has 0 spiro atoms. The van der Waals surface area contributed by atoms with Crippen molar-refractivity contribution in [2.75, 3.05) is 6.61 Å². The predicted molar refractivity (Wildman–Crippen MR) is 113 cm³/mol. The lowest BCUT2D eigenvalue weighted by molar-refractivity contribution is -0.123. The SMILES string of the molecule is Cc1[nH]n(-c2ccccc2)c(=O)c1C=NNC(=O)COc1ccc(C(C)C)cc1. The molecule has 3 aromatic rings. The number of aromatic nitrogens is 2. The van der Waals surface area contributed by atoms with Crippen LogP contribution in [0.15, 0.2) is 64.5 Å². The van der Waals surface area contributed by atoms with Crippen molar-refractivity contribution < 1.29 is 9.53 Å². The van der Waals surface area contributed by atoms with E-state index in [9.17, 15) is 9.59 Å². The molecule has 7 nitrogen and oxygen atoms in total. The largest absolute Gasteiger partial charge is 0.484 e. The van der Waals surface area contributed by atoms with Crippen LogP contribution < -0.4 is 15.7 Å². The highest BCUT2D eigenvalue weighted by Gasteiger charge is 2.10. The Morgan fingerprint density at radius 2 is 1.86 bits per heavy atom. The van der Waals surface area contributed by atoms with Crippen LogP contribution in [-0.2, 0) is 4.79 Å². The molecule has 0 bridgehead atoms. The van der Waals surface area contributed by atoms with Crippen molar-refractivity contribution in [3.63, 3.8) is 0 Å². The van der Waals surface area contributed by atoms with Crippen molar-refractivity contribution in [2.24, 2.45) is 5.10 Å². The molecule has 29 heavy (non-hydrogen) atoms. The Hall–Kier alpha value is -3.61. The number of aryl methyl sites for hydroxylation is 1. The average molecular weight is 392 g/mol. The number of nitrogens with zero attached hydrogens (tertiary/aromatic N) is 2. The molecule has 0 unspecified atom stereocenters. The van der Waals surface area contributed by atoms with Crippen LogP contribution >= 0.6 is 0 Å². The lowest BCUT2D eigenvalue weighted by atomic mass is 10.0. The second kappa shape index (κ2) is 9.05. The summed E-state index contributed by atoms with van der Waals surface area (Å²) in [5.41, 5.74) is 5.09. The maximum Gasteiger partial charge on any atom is 0.280 e. The number of H-pyrrole nitrogens is 1. The van der Waals surface area contributed by atoms with E-state index >= 15 is 0 Å². The third kappa shape index (κ3) is 5.01. The summed E-state index contributed by atoms with van der Waals surface area (Å²) in [7, 11) is 0. The average Bonchev–Trinajstić information content (AvgIpc) is 3.01. The number of benzene rings is 2. The van der Waals surface area contributed by atoms with Crippen LogP contribution in [0.3, 0.4) is 0 Å². The summed E-state index contributed by atoms with van der Waals surface area (Å²) in [6.45, 7) is 5.83. The lowest BCUT2D eigenvalue weighted by Gasteiger charge is -2.08. The molecule has 7 heteroatoms. The molecular formula is C22H24N4O3. The number of hydrogen-bond donors (Lipinski definition) is 2. The van der Waals surface area contributed by atoms with E-state index in [1.807, 2.05) is 54.6 Å². The van der Waals surface area contributed by atoms with Crippen LogP contribution in [0.5, 0.6) is 5.75 Å². The van der Waals surface area contributed by atoms with Gasteiger partial charge in [-0.05, 0) is 42.7 Å². The van der Waals surface area contributed by atoms with Crippen LogP contribution in [0.2, 0.25) is 0 Å². The number of amides is 1. The van der Waals surface area contributed by atoms with Gasteiger partial charge < -0.3 is 4.74 Å². The van der Waals surface area contributed by atoms with Gasteiger partial charge in [-0.3, -0.25) is 14.7 Å². The first-order valence-corrected chi connectivity index (χ1v) is 9.37. The first kappa shape index (κ1) is 20.1. The molecule has 2 aromatic carbocycles. The molecule has 1 amide bonds. The van der Waals surface area contributed by atoms with E-state index in [0.29, 0.717) is 22.9 Å². The molecule has 0 saturated carbocycles. The maximum absolute atomic E-state index is 12.6. The van der Waals surface area contributed by atoms with E-state index < -0.39 is 5.91 Å². The summed E-state index contributed by atoms with van der Waals surface area (Å²) in [6.07, 6.45) is 1.34. The second-order valence-electron chi connectivity index (χ2n) is 6.93. The zero-order chi connectivity index (χ0) is 20.8. The summed E-state index contributed by atoms with van der Waals surface area (Å²) in [5, 5.41) is 6.88. The molecule has 2 N–H and O–H groups in total. The number of rotatable bonds is 7. The minimum atomic E-state index is -0.411. The third-order valence-electron chi connectivity index (χ3n) is 4.43. The number of nitrogens with one attached hydrogen (secondary N) is 2. The van der Waals surface area contributed by atoms with Gasteiger partial charge in [0.05, 0.1) is 17.5 Å². The van der Waals surface area contributed by atoms with Crippen LogP contribution in [0.25, 0.3) is 5.69 Å². The summed E-state index contributed by atoms with van der Waals surface area (Å²) in [6, 6.07) is 16.8. The van der Waals surface area contributed by atoms with Crippen molar-refractivity contribution in [1.29, 1.82) is 0 Å². The van der Waals surface area contributed by atoms with Gasteiger partial charge in [0.2, 0.25) is 0 Å². The van der Waals surface area contributed by atoms with Gasteiger partial charge in [0.25, 0.3) is 11.5 Å². The number of hydrazone groups is 1. The maximum atomic E-state index is 12.6. The van der Waals surface area contributed by atoms with Gasteiger partial charge in [0.15, 0.2) is 6.61 Å². The summed E-state index contributed by atoms with van der Waals surface area (Å²) in [4.78, 5) is 24.5. The number of ether oxygens (including phenoxy) is 1. The molecule has 0 aliphatic heterocycles. The Morgan fingerprint density at radius 3 is 2.52 bits per heavy atom. The van der Waals surface area contributed by atoms with Crippen molar-refractivity contribution in [2.45, 2.75) is 26.7 Å². The van der Waals surface area contributed by atoms with Crippen molar-refractivity contribution in [3.05, 3.63) is 81.8 Å². The van der Waals surface area contributed by atoms with Gasteiger partial charge in [-0.25, -0.2) is 10.1 Å². The van der Waals surface area contributed by atoms with Crippen LogP contribution in [0.4, 0.5) is 0 Å². The summed E-state index contributed by atoms with van der Waals surface area (Å²) < 4.78 is 6.89. The molecule has 0 radical (unpaired) electrons. The molecule has 150 valence electrons. The zero-order valence-electron chi connectivity index (χ0n) is 16.7. The number of aromatic amines is 1. The fourth-order valence-corrected chi connectivity index (χ4v) is 2.77. The van der Waals surface area contributed by atoms with Crippen molar-refractivity contribution in [3.8, 4) is 11.4 Å². The van der Waals surface area contributed by atoms with Crippen LogP contribution in [-0.4, -0.2) is 28.5 Å². The highest BCUT2D eigenvalue weighted by atomic mass is 16.5. The first-order chi connectivity index (χ1) is 14.0. The number of hydrogen-bond acceptors (Lipinski definition) is 4. The Labute approximate surface area is 169 Å². The Morgan fingerprint density at radius 1 is 1.17 bits per heavy atom. The monoisotopic (exact) mass is 392 g/mol. The third-order valence-corrected chi connectivity index (χ3v) is 4.43. The van der Waals surface area contributed by atoms with Gasteiger partial charge in [-0.1, -0.05) is 44.2 Å². The molecule has 0 fully saturated rings. The molecule has 0 aliphatic rings. The number of carbonyl (C=O) groups excluding carboxylic acids is 1. The minimum absolute atomic E-state index is 0.168. The lowest BCUT2D eigenvalue weighted by Crippen LogP contribution is -2.25. The van der Waals surface area contributed by atoms with Gasteiger partial charge in [-0.15, -0.1) is 0 Å². The highest BCUT2D eigenvalue weighted by Crippen LogP contribution is 2.18. The van der Waals surface area contributed by atoms with E-state index in [1.54, 1.807) is 6.92 Å². The zero-order valence-corrected chi connectivity index (χ0v) is 16.7. The van der Waals surface area contributed by atoms with E-state index in [-0.39, 0.29) is 12.2 Å². The van der Waals surface area contributed by atoms with Crippen LogP contribution in [0.1, 0.15) is 36.6 Å². The smallest absolute Gasteiger partial charge is 0.280 e. The molecule has 0 saturated heterocycles. The molecule has 1 aromatic heterocycles. The number of carbonyl (C=O) groups is 1. The second-order valence-corrected chi connectivity index (χ2v) is 6.93. The Kier molecular flexibility index (Phi) is 6.29. The molecular weight excluding hydrogens is 368 g/mol. The Balaban J connectivity index is 1.58. The van der Waals surface area contributed by atoms with E-state index in [4.69, 9.17) is 4.74 Å². The molecule has 0 aliphatic carbocycles. The first-order valence-electron chi connectivity index (χ1n) is 9.37. The van der Waals surface area contributed by atoms with E-state index in [1.165, 1.54) is 16.5 Å². The van der Waals surface area contributed by atoms with Gasteiger partial charge in [0.1, 0.15) is 5.75 Å². The van der Waals surface area contributed by atoms with Crippen LogP contribution in [0, 0.1) is 6.92 Å². The van der Waals surface area contributed by atoms with Crippen molar-refractivity contribution in [1.82, 2.24) is 15.2 Å². The fourth-order valence-electron chi connectivity index (χ4n) is 2.77. The Bertz CT molecular complexity index is 1050. The highest BCUT2D eigenvalue weighted by molar-refractivity contribution is 5.83. The van der Waals surface area contributed by atoms with Gasteiger partial charge in [-0.2, -0.15) is 5.10 Å².